The predicted molar refractivity (Wildman–Crippen MR) is 73.7 cm³/mol. The smallest absolute Gasteiger partial charge is 0.407 e. The lowest BCUT2D eigenvalue weighted by Crippen LogP contribution is -2.54. The van der Waals surface area contributed by atoms with Crippen LogP contribution < -0.4 is 0 Å². The van der Waals surface area contributed by atoms with Crippen molar-refractivity contribution in [3.63, 3.8) is 0 Å². The Hall–Kier alpha value is -1.99. The molecule has 19 heavy (non-hydrogen) atoms. The van der Waals surface area contributed by atoms with E-state index in [-0.39, 0.29) is 6.04 Å². The fourth-order valence-corrected chi connectivity index (χ4v) is 2.47. The summed E-state index contributed by atoms with van der Waals surface area (Å²) in [6.45, 7) is 2.82. The van der Waals surface area contributed by atoms with Gasteiger partial charge in [-0.25, -0.2) is 4.79 Å². The molecule has 1 fully saturated rings. The van der Waals surface area contributed by atoms with Gasteiger partial charge in [0.15, 0.2) is 0 Å². The molecule has 0 bridgehead atoms. The van der Waals surface area contributed by atoms with Crippen molar-refractivity contribution in [3.8, 4) is 12.3 Å². The monoisotopic (exact) mass is 258 g/mol. The quantitative estimate of drug-likeness (QED) is 0.842. The average molecular weight is 258 g/mol. The molecule has 4 nitrogen and oxygen atoms in total. The number of benzene rings is 1. The molecule has 4 heteroatoms. The lowest BCUT2D eigenvalue weighted by molar-refractivity contribution is 0.0662. The van der Waals surface area contributed by atoms with Crippen LogP contribution in [0.15, 0.2) is 30.3 Å². The Morgan fingerprint density at radius 2 is 2.11 bits per heavy atom. The molecule has 1 aliphatic rings. The Morgan fingerprint density at radius 1 is 1.37 bits per heavy atom. The molecule has 1 aliphatic heterocycles. The molecule has 1 aromatic carbocycles. The van der Waals surface area contributed by atoms with Gasteiger partial charge in [0.05, 0.1) is 6.04 Å². The lowest BCUT2D eigenvalue weighted by Gasteiger charge is -2.39. The Balaban J connectivity index is 1.99. The molecule has 1 N–H and O–H groups in total. The van der Waals surface area contributed by atoms with Gasteiger partial charge in [0, 0.05) is 32.6 Å². The maximum Gasteiger partial charge on any atom is 0.407 e. The van der Waals surface area contributed by atoms with E-state index in [4.69, 9.17) is 11.5 Å². The van der Waals surface area contributed by atoms with Gasteiger partial charge in [0.2, 0.25) is 0 Å². The van der Waals surface area contributed by atoms with Crippen molar-refractivity contribution in [1.82, 2.24) is 9.80 Å². The summed E-state index contributed by atoms with van der Waals surface area (Å²) in [7, 11) is 0. The summed E-state index contributed by atoms with van der Waals surface area (Å²) in [6.07, 6.45) is 4.93. The number of nitrogens with zero attached hydrogens (tertiary/aromatic N) is 2. The Morgan fingerprint density at radius 3 is 2.74 bits per heavy atom. The summed E-state index contributed by atoms with van der Waals surface area (Å²) in [5, 5.41) is 9.15. The van der Waals surface area contributed by atoms with E-state index in [2.05, 4.69) is 23.0 Å². The molecule has 1 heterocycles. The zero-order valence-corrected chi connectivity index (χ0v) is 10.8. The first-order valence-electron chi connectivity index (χ1n) is 6.40. The highest BCUT2D eigenvalue weighted by atomic mass is 16.4. The number of carboxylic acid groups (broad SMARTS) is 1. The molecule has 0 spiro atoms. The molecule has 2 rings (SSSR count). The van der Waals surface area contributed by atoms with Gasteiger partial charge in [-0.3, -0.25) is 4.90 Å². The van der Waals surface area contributed by atoms with E-state index in [0.717, 1.165) is 13.1 Å². The third-order valence-electron chi connectivity index (χ3n) is 3.42. The first-order valence-corrected chi connectivity index (χ1v) is 6.40. The minimum atomic E-state index is -0.875. The SMILES string of the molecule is C#CC[C@H]1CN(Cc2ccccc2)CCN1C(=O)O. The molecule has 0 aliphatic carbocycles. The Labute approximate surface area is 113 Å². The van der Waals surface area contributed by atoms with Crippen LogP contribution in [0.1, 0.15) is 12.0 Å². The van der Waals surface area contributed by atoms with E-state index >= 15 is 0 Å². The molecule has 1 atom stereocenters. The number of carbonyl (C=O) groups is 1. The van der Waals surface area contributed by atoms with Gasteiger partial charge in [-0.05, 0) is 5.56 Å². The van der Waals surface area contributed by atoms with Crippen LogP contribution in [0, 0.1) is 12.3 Å². The van der Waals surface area contributed by atoms with Crippen LogP contribution in [0.3, 0.4) is 0 Å². The van der Waals surface area contributed by atoms with Crippen molar-refractivity contribution in [2.45, 2.75) is 19.0 Å². The van der Waals surface area contributed by atoms with E-state index in [0.29, 0.717) is 19.5 Å². The van der Waals surface area contributed by atoms with Crippen molar-refractivity contribution in [2.24, 2.45) is 0 Å². The highest BCUT2D eigenvalue weighted by molar-refractivity contribution is 5.65. The summed E-state index contributed by atoms with van der Waals surface area (Å²) in [5.41, 5.74) is 1.24. The van der Waals surface area contributed by atoms with E-state index in [1.54, 1.807) is 0 Å². The van der Waals surface area contributed by atoms with Crippen LogP contribution in [0.2, 0.25) is 0 Å². The fraction of sp³-hybridized carbons (Fsp3) is 0.400. The second-order valence-electron chi connectivity index (χ2n) is 4.76. The maximum absolute atomic E-state index is 11.1. The minimum Gasteiger partial charge on any atom is -0.465 e. The van der Waals surface area contributed by atoms with E-state index < -0.39 is 6.09 Å². The molecule has 0 unspecified atom stereocenters. The molecule has 0 radical (unpaired) electrons. The maximum atomic E-state index is 11.1. The molecular weight excluding hydrogens is 240 g/mol. The van der Waals surface area contributed by atoms with Gasteiger partial charge in [-0.1, -0.05) is 30.3 Å². The molecule has 0 saturated carbocycles. The van der Waals surface area contributed by atoms with Crippen LogP contribution in [0.5, 0.6) is 0 Å². The first kappa shape index (κ1) is 13.4. The van der Waals surface area contributed by atoms with E-state index in [9.17, 15) is 4.79 Å². The third kappa shape index (κ3) is 3.49. The first-order chi connectivity index (χ1) is 9.20. The van der Waals surface area contributed by atoms with Crippen LogP contribution in [0.4, 0.5) is 4.79 Å². The summed E-state index contributed by atoms with van der Waals surface area (Å²) < 4.78 is 0. The number of rotatable bonds is 3. The molecule has 0 aromatic heterocycles. The van der Waals surface area contributed by atoms with Gasteiger partial charge >= 0.3 is 6.09 Å². The Bertz CT molecular complexity index is 467. The normalized spacial score (nSPS) is 19.9. The zero-order valence-electron chi connectivity index (χ0n) is 10.8. The summed E-state index contributed by atoms with van der Waals surface area (Å²) in [4.78, 5) is 14.9. The van der Waals surface area contributed by atoms with Gasteiger partial charge in [-0.2, -0.15) is 0 Å². The number of piperazine rings is 1. The minimum absolute atomic E-state index is 0.0973. The standard InChI is InChI=1S/C15H18N2O2/c1-2-6-14-12-16(9-10-17(14)15(18)19)11-13-7-4-3-5-8-13/h1,3-5,7-8,14H,6,9-12H2,(H,18,19)/t14-/m0/s1. The fourth-order valence-electron chi connectivity index (χ4n) is 2.47. The highest BCUT2D eigenvalue weighted by Crippen LogP contribution is 2.15. The molecule has 1 aromatic rings. The zero-order chi connectivity index (χ0) is 13.7. The van der Waals surface area contributed by atoms with Crippen LogP contribution in [0.25, 0.3) is 0 Å². The van der Waals surface area contributed by atoms with Crippen LogP contribution in [-0.2, 0) is 6.54 Å². The van der Waals surface area contributed by atoms with Crippen molar-refractivity contribution >= 4 is 6.09 Å². The van der Waals surface area contributed by atoms with E-state index in [1.165, 1.54) is 10.5 Å². The summed E-state index contributed by atoms with van der Waals surface area (Å²) in [5.74, 6) is 2.58. The van der Waals surface area contributed by atoms with Crippen LogP contribution >= 0.6 is 0 Å². The second kappa shape index (κ2) is 6.26. The lowest BCUT2D eigenvalue weighted by atomic mass is 10.1. The van der Waals surface area contributed by atoms with Gasteiger partial charge < -0.3 is 10.0 Å². The molecular formula is C15H18N2O2. The van der Waals surface area contributed by atoms with E-state index in [1.807, 2.05) is 18.2 Å². The molecule has 1 amide bonds. The van der Waals surface area contributed by atoms with Gasteiger partial charge in [0.25, 0.3) is 0 Å². The average Bonchev–Trinajstić information content (AvgIpc) is 2.40. The number of amides is 1. The van der Waals surface area contributed by atoms with Crippen molar-refractivity contribution in [2.75, 3.05) is 19.6 Å². The largest absolute Gasteiger partial charge is 0.465 e. The third-order valence-corrected chi connectivity index (χ3v) is 3.42. The topological polar surface area (TPSA) is 43.8 Å². The summed E-state index contributed by atoms with van der Waals surface area (Å²) in [6, 6.07) is 10.1. The highest BCUT2D eigenvalue weighted by Gasteiger charge is 2.29. The number of terminal acetylenes is 1. The molecule has 100 valence electrons. The summed E-state index contributed by atoms with van der Waals surface area (Å²) >= 11 is 0. The van der Waals surface area contributed by atoms with Crippen molar-refractivity contribution in [3.05, 3.63) is 35.9 Å². The van der Waals surface area contributed by atoms with Crippen LogP contribution in [-0.4, -0.2) is 46.7 Å². The number of hydrogen-bond acceptors (Lipinski definition) is 2. The Kier molecular flexibility index (Phi) is 4.43. The molecule has 1 saturated heterocycles. The number of hydrogen-bond donors (Lipinski definition) is 1. The van der Waals surface area contributed by atoms with Crippen molar-refractivity contribution in [1.29, 1.82) is 0 Å². The van der Waals surface area contributed by atoms with Gasteiger partial charge in [0.1, 0.15) is 0 Å². The second-order valence-corrected chi connectivity index (χ2v) is 4.76. The van der Waals surface area contributed by atoms with Gasteiger partial charge in [-0.15, -0.1) is 12.3 Å². The predicted octanol–water partition coefficient (Wildman–Crippen LogP) is 1.87. The van der Waals surface area contributed by atoms with Crippen molar-refractivity contribution < 1.29 is 9.90 Å².